The van der Waals surface area contributed by atoms with Gasteiger partial charge < -0.3 is 9.47 Å². The average molecular weight is 316 g/mol. The number of hydrogen-bond donors (Lipinski definition) is 0. The molecule has 0 amide bonds. The summed E-state index contributed by atoms with van der Waals surface area (Å²) in [5, 5.41) is 0. The molecule has 0 saturated heterocycles. The first-order valence-corrected chi connectivity index (χ1v) is 8.43. The monoisotopic (exact) mass is 316 g/mol. The lowest BCUT2D eigenvalue weighted by Gasteiger charge is -2.13. The van der Waals surface area contributed by atoms with Gasteiger partial charge in [-0.05, 0) is 38.8 Å². The second-order valence-electron chi connectivity index (χ2n) is 4.92. The maximum Gasteiger partial charge on any atom is 0.297 e. The molecule has 1 aromatic carbocycles. The van der Waals surface area contributed by atoms with Crippen LogP contribution in [0.15, 0.2) is 29.2 Å². The van der Waals surface area contributed by atoms with Crippen LogP contribution in [0, 0.1) is 6.92 Å². The van der Waals surface area contributed by atoms with Gasteiger partial charge in [0.2, 0.25) is 0 Å². The highest BCUT2D eigenvalue weighted by Crippen LogP contribution is 2.16. The molecule has 0 heterocycles. The number of methoxy groups -OCH3 is 1. The second-order valence-corrected chi connectivity index (χ2v) is 6.49. The molecule has 0 aromatic heterocycles. The molecule has 5 nitrogen and oxygen atoms in total. The van der Waals surface area contributed by atoms with Gasteiger partial charge in [-0.2, -0.15) is 8.42 Å². The molecule has 120 valence electrons. The minimum atomic E-state index is -3.69. The summed E-state index contributed by atoms with van der Waals surface area (Å²) in [7, 11) is -2.07. The predicted octanol–water partition coefficient (Wildman–Crippen LogP) is 2.53. The SMILES string of the molecule is COCCOCCCC(C)OS(=O)(=O)c1ccc(C)cc1. The fraction of sp³-hybridized carbons (Fsp3) is 0.600. The highest BCUT2D eigenvalue weighted by atomic mass is 32.2. The lowest BCUT2D eigenvalue weighted by atomic mass is 10.2. The largest absolute Gasteiger partial charge is 0.382 e. The second kappa shape index (κ2) is 9.15. The number of benzene rings is 1. The van der Waals surface area contributed by atoms with Crippen molar-refractivity contribution >= 4 is 10.1 Å². The van der Waals surface area contributed by atoms with E-state index in [0.717, 1.165) is 12.0 Å². The summed E-state index contributed by atoms with van der Waals surface area (Å²) in [6, 6.07) is 6.63. The zero-order valence-electron chi connectivity index (χ0n) is 12.9. The van der Waals surface area contributed by atoms with Gasteiger partial charge in [0.15, 0.2) is 0 Å². The summed E-state index contributed by atoms with van der Waals surface area (Å²) in [6.45, 7) is 5.34. The van der Waals surface area contributed by atoms with E-state index in [2.05, 4.69) is 0 Å². The summed E-state index contributed by atoms with van der Waals surface area (Å²) in [5.41, 5.74) is 1.01. The maximum absolute atomic E-state index is 12.1. The lowest BCUT2D eigenvalue weighted by Crippen LogP contribution is -2.16. The van der Waals surface area contributed by atoms with Gasteiger partial charge in [-0.1, -0.05) is 17.7 Å². The molecular formula is C15H24O5S. The van der Waals surface area contributed by atoms with Crippen molar-refractivity contribution in [3.8, 4) is 0 Å². The van der Waals surface area contributed by atoms with Crippen molar-refractivity contribution in [1.82, 2.24) is 0 Å². The van der Waals surface area contributed by atoms with Crippen molar-refractivity contribution in [3.63, 3.8) is 0 Å². The van der Waals surface area contributed by atoms with Gasteiger partial charge in [0.05, 0.1) is 24.2 Å². The normalized spacial score (nSPS) is 13.3. The van der Waals surface area contributed by atoms with E-state index in [1.165, 1.54) is 0 Å². The highest BCUT2D eigenvalue weighted by molar-refractivity contribution is 7.86. The topological polar surface area (TPSA) is 61.8 Å². The molecule has 0 N–H and O–H groups in total. The average Bonchev–Trinajstić information content (AvgIpc) is 2.42. The van der Waals surface area contributed by atoms with Crippen LogP contribution < -0.4 is 0 Å². The Kier molecular flexibility index (Phi) is 7.88. The van der Waals surface area contributed by atoms with E-state index in [4.69, 9.17) is 13.7 Å². The van der Waals surface area contributed by atoms with Crippen LogP contribution in [0.5, 0.6) is 0 Å². The molecule has 0 radical (unpaired) electrons. The maximum atomic E-state index is 12.1. The van der Waals surface area contributed by atoms with Gasteiger partial charge >= 0.3 is 0 Å². The highest BCUT2D eigenvalue weighted by Gasteiger charge is 2.18. The number of aryl methyl sites for hydroxylation is 1. The van der Waals surface area contributed by atoms with Gasteiger partial charge in [0.1, 0.15) is 0 Å². The standard InChI is InChI=1S/C15H24O5S/c1-13-6-8-15(9-7-13)21(16,17)20-14(2)5-4-10-19-12-11-18-3/h6-9,14H,4-5,10-12H2,1-3H3. The molecule has 21 heavy (non-hydrogen) atoms. The van der Waals surface area contributed by atoms with Crippen molar-refractivity contribution < 1.29 is 22.1 Å². The first kappa shape index (κ1) is 18.1. The summed E-state index contributed by atoms with van der Waals surface area (Å²) < 4.78 is 39.5. The van der Waals surface area contributed by atoms with Gasteiger partial charge in [-0.3, -0.25) is 4.18 Å². The molecule has 0 aliphatic heterocycles. The van der Waals surface area contributed by atoms with E-state index in [1.807, 2.05) is 6.92 Å². The van der Waals surface area contributed by atoms with Crippen LogP contribution in [0.2, 0.25) is 0 Å². The van der Waals surface area contributed by atoms with Crippen LogP contribution in [0.4, 0.5) is 0 Å². The fourth-order valence-corrected chi connectivity index (χ4v) is 2.85. The smallest absolute Gasteiger partial charge is 0.297 e. The zero-order valence-corrected chi connectivity index (χ0v) is 13.7. The Morgan fingerprint density at radius 1 is 1.10 bits per heavy atom. The minimum Gasteiger partial charge on any atom is -0.382 e. The van der Waals surface area contributed by atoms with Gasteiger partial charge in [0.25, 0.3) is 10.1 Å². The molecule has 0 aliphatic rings. The number of ether oxygens (including phenoxy) is 2. The van der Waals surface area contributed by atoms with E-state index >= 15 is 0 Å². The van der Waals surface area contributed by atoms with E-state index in [1.54, 1.807) is 38.3 Å². The Balaban J connectivity index is 2.36. The van der Waals surface area contributed by atoms with E-state index in [0.29, 0.717) is 26.2 Å². The van der Waals surface area contributed by atoms with E-state index < -0.39 is 10.1 Å². The Morgan fingerprint density at radius 3 is 2.38 bits per heavy atom. The summed E-state index contributed by atoms with van der Waals surface area (Å²) in [4.78, 5) is 0.191. The van der Waals surface area contributed by atoms with Crippen LogP contribution >= 0.6 is 0 Å². The van der Waals surface area contributed by atoms with E-state index in [-0.39, 0.29) is 11.0 Å². The van der Waals surface area contributed by atoms with Crippen molar-refractivity contribution in [2.45, 2.75) is 37.7 Å². The molecule has 0 fully saturated rings. The number of hydrogen-bond acceptors (Lipinski definition) is 5. The van der Waals surface area contributed by atoms with Crippen molar-refractivity contribution in [1.29, 1.82) is 0 Å². The summed E-state index contributed by atoms with van der Waals surface area (Å²) in [5.74, 6) is 0. The van der Waals surface area contributed by atoms with Gasteiger partial charge in [0, 0.05) is 13.7 Å². The third-order valence-electron chi connectivity index (χ3n) is 2.93. The predicted molar refractivity (Wildman–Crippen MR) is 80.8 cm³/mol. The Bertz CT molecular complexity index is 495. The molecule has 0 saturated carbocycles. The van der Waals surface area contributed by atoms with Crippen LogP contribution in [0.3, 0.4) is 0 Å². The van der Waals surface area contributed by atoms with Crippen molar-refractivity contribution in [3.05, 3.63) is 29.8 Å². The summed E-state index contributed by atoms with van der Waals surface area (Å²) in [6.07, 6.45) is 0.995. The first-order valence-electron chi connectivity index (χ1n) is 7.02. The molecule has 1 aromatic rings. The van der Waals surface area contributed by atoms with Crippen LogP contribution in [-0.2, 0) is 23.8 Å². The Labute approximate surface area is 127 Å². The molecule has 1 unspecified atom stereocenters. The third-order valence-corrected chi connectivity index (χ3v) is 4.36. The van der Waals surface area contributed by atoms with Gasteiger partial charge in [-0.25, -0.2) is 0 Å². The third kappa shape index (κ3) is 7.04. The Morgan fingerprint density at radius 2 is 1.76 bits per heavy atom. The van der Waals surface area contributed by atoms with E-state index in [9.17, 15) is 8.42 Å². The molecule has 0 bridgehead atoms. The first-order chi connectivity index (χ1) is 9.95. The van der Waals surface area contributed by atoms with Crippen LogP contribution in [-0.4, -0.2) is 41.5 Å². The Hall–Kier alpha value is -0.950. The van der Waals surface area contributed by atoms with Crippen LogP contribution in [0.25, 0.3) is 0 Å². The van der Waals surface area contributed by atoms with Crippen molar-refractivity contribution in [2.24, 2.45) is 0 Å². The summed E-state index contributed by atoms with van der Waals surface area (Å²) >= 11 is 0. The molecule has 0 aliphatic carbocycles. The van der Waals surface area contributed by atoms with Crippen molar-refractivity contribution in [2.75, 3.05) is 26.9 Å². The minimum absolute atomic E-state index is 0.191. The fourth-order valence-electron chi connectivity index (χ4n) is 1.74. The lowest BCUT2D eigenvalue weighted by molar-refractivity contribution is 0.0648. The van der Waals surface area contributed by atoms with Gasteiger partial charge in [-0.15, -0.1) is 0 Å². The van der Waals surface area contributed by atoms with Crippen LogP contribution in [0.1, 0.15) is 25.3 Å². The quantitative estimate of drug-likeness (QED) is 0.490. The molecule has 0 spiro atoms. The molecule has 1 rings (SSSR count). The molecule has 6 heteroatoms. The number of rotatable bonds is 10. The zero-order chi connectivity index (χ0) is 15.7. The molecule has 1 atom stereocenters. The molecular weight excluding hydrogens is 292 g/mol.